The third-order valence-electron chi connectivity index (χ3n) is 3.51. The highest BCUT2D eigenvalue weighted by atomic mass is 32.2. The number of hydrazine groups is 1. The molecule has 0 bridgehead atoms. The van der Waals surface area contributed by atoms with Crippen molar-refractivity contribution >= 4 is 23.4 Å². The van der Waals surface area contributed by atoms with E-state index in [0.29, 0.717) is 11.4 Å². The van der Waals surface area contributed by atoms with Crippen LogP contribution in [0.2, 0.25) is 0 Å². The third-order valence-corrected chi connectivity index (χ3v) is 4.64. The number of anilines is 1. The number of hydrogen-bond acceptors (Lipinski definition) is 5. The number of nitrogens with zero attached hydrogens (tertiary/aromatic N) is 1. The van der Waals surface area contributed by atoms with Gasteiger partial charge in [-0.2, -0.15) is 11.8 Å². The van der Waals surface area contributed by atoms with E-state index in [4.69, 9.17) is 5.84 Å². The van der Waals surface area contributed by atoms with Gasteiger partial charge in [-0.05, 0) is 44.1 Å². The Morgan fingerprint density at radius 1 is 1.37 bits per heavy atom. The monoisotopic (exact) mass is 280 g/mol. The summed E-state index contributed by atoms with van der Waals surface area (Å²) in [6.45, 7) is 0. The zero-order valence-electron chi connectivity index (χ0n) is 11.1. The fourth-order valence-corrected chi connectivity index (χ4v) is 3.06. The SMILES string of the molecule is CSC1CCC(NC(=O)c2ccc(NN)cn2)CC1. The number of pyridine rings is 1. The lowest BCUT2D eigenvalue weighted by molar-refractivity contribution is 0.0923. The van der Waals surface area contributed by atoms with Crippen molar-refractivity contribution < 1.29 is 4.79 Å². The summed E-state index contributed by atoms with van der Waals surface area (Å²) < 4.78 is 0. The number of carbonyl (C=O) groups excluding carboxylic acids is 1. The van der Waals surface area contributed by atoms with Crippen LogP contribution in [0.25, 0.3) is 0 Å². The van der Waals surface area contributed by atoms with Crippen LogP contribution in [0.3, 0.4) is 0 Å². The Kier molecular flexibility index (Phi) is 5.04. The highest BCUT2D eigenvalue weighted by Crippen LogP contribution is 2.26. The molecular weight excluding hydrogens is 260 g/mol. The summed E-state index contributed by atoms with van der Waals surface area (Å²) in [6, 6.07) is 3.70. The van der Waals surface area contributed by atoms with Gasteiger partial charge in [-0.3, -0.25) is 10.6 Å². The van der Waals surface area contributed by atoms with Gasteiger partial charge in [0.15, 0.2) is 0 Å². The molecule has 1 aliphatic carbocycles. The summed E-state index contributed by atoms with van der Waals surface area (Å²) >= 11 is 1.92. The molecular formula is C13H20N4OS. The molecule has 0 atom stereocenters. The average molecular weight is 280 g/mol. The standard InChI is InChI=1S/C13H20N4OS/c1-19-11-5-2-9(3-6-11)16-13(18)12-7-4-10(17-14)8-15-12/h4,7-9,11,17H,2-3,5-6,14H2,1H3,(H,16,18). The van der Waals surface area contributed by atoms with Gasteiger partial charge in [-0.25, -0.2) is 4.98 Å². The van der Waals surface area contributed by atoms with Crippen molar-refractivity contribution in [1.29, 1.82) is 0 Å². The third kappa shape index (κ3) is 3.84. The predicted molar refractivity (Wildman–Crippen MR) is 79.1 cm³/mol. The maximum Gasteiger partial charge on any atom is 0.270 e. The highest BCUT2D eigenvalue weighted by molar-refractivity contribution is 7.99. The zero-order chi connectivity index (χ0) is 13.7. The molecule has 1 saturated carbocycles. The van der Waals surface area contributed by atoms with E-state index in [1.165, 1.54) is 12.8 Å². The molecule has 0 aliphatic heterocycles. The normalized spacial score (nSPS) is 22.8. The van der Waals surface area contributed by atoms with E-state index in [1.54, 1.807) is 18.3 Å². The van der Waals surface area contributed by atoms with Crippen LogP contribution >= 0.6 is 11.8 Å². The van der Waals surface area contributed by atoms with Gasteiger partial charge in [0, 0.05) is 11.3 Å². The Morgan fingerprint density at radius 3 is 2.63 bits per heavy atom. The van der Waals surface area contributed by atoms with Crippen molar-refractivity contribution in [2.75, 3.05) is 11.7 Å². The molecule has 0 saturated heterocycles. The summed E-state index contributed by atoms with van der Waals surface area (Å²) in [4.78, 5) is 16.1. The van der Waals surface area contributed by atoms with Gasteiger partial charge in [0.05, 0.1) is 11.9 Å². The topological polar surface area (TPSA) is 80.0 Å². The van der Waals surface area contributed by atoms with Crippen LogP contribution < -0.4 is 16.6 Å². The number of hydrogen-bond donors (Lipinski definition) is 3. The Hall–Kier alpha value is -1.27. The first-order valence-electron chi connectivity index (χ1n) is 6.49. The molecule has 1 amide bonds. The van der Waals surface area contributed by atoms with Gasteiger partial charge in [0.1, 0.15) is 5.69 Å². The Bertz CT molecular complexity index is 415. The first-order valence-corrected chi connectivity index (χ1v) is 7.78. The molecule has 1 aliphatic rings. The molecule has 0 unspecified atom stereocenters. The molecule has 6 heteroatoms. The van der Waals surface area contributed by atoms with Gasteiger partial charge < -0.3 is 10.7 Å². The second-order valence-electron chi connectivity index (χ2n) is 4.76. The molecule has 0 aromatic carbocycles. The van der Waals surface area contributed by atoms with Crippen molar-refractivity contribution in [2.24, 2.45) is 5.84 Å². The smallest absolute Gasteiger partial charge is 0.270 e. The summed E-state index contributed by atoms with van der Waals surface area (Å²) in [5, 5.41) is 3.81. The van der Waals surface area contributed by atoms with Crippen molar-refractivity contribution in [3.63, 3.8) is 0 Å². The van der Waals surface area contributed by atoms with Crippen LogP contribution in [0.5, 0.6) is 0 Å². The number of thioether (sulfide) groups is 1. The molecule has 0 spiro atoms. The molecule has 1 aromatic rings. The number of nitrogens with one attached hydrogen (secondary N) is 2. The van der Waals surface area contributed by atoms with Crippen LogP contribution in [0.1, 0.15) is 36.2 Å². The second-order valence-corrected chi connectivity index (χ2v) is 5.90. The molecule has 0 radical (unpaired) electrons. The first kappa shape index (κ1) is 14.1. The van der Waals surface area contributed by atoms with E-state index in [0.717, 1.165) is 18.1 Å². The molecule has 4 N–H and O–H groups in total. The maximum atomic E-state index is 12.0. The Balaban J connectivity index is 1.87. The molecule has 19 heavy (non-hydrogen) atoms. The van der Waals surface area contributed by atoms with Gasteiger partial charge in [0.25, 0.3) is 5.91 Å². The second kappa shape index (κ2) is 6.77. The summed E-state index contributed by atoms with van der Waals surface area (Å²) in [5.74, 6) is 5.16. The lowest BCUT2D eigenvalue weighted by atomic mass is 9.95. The minimum Gasteiger partial charge on any atom is -0.348 e. The zero-order valence-corrected chi connectivity index (χ0v) is 11.9. The minimum absolute atomic E-state index is 0.101. The van der Waals surface area contributed by atoms with Gasteiger partial charge in [-0.1, -0.05) is 0 Å². The quantitative estimate of drug-likeness (QED) is 0.578. The average Bonchev–Trinajstić information content (AvgIpc) is 2.48. The van der Waals surface area contributed by atoms with E-state index in [-0.39, 0.29) is 11.9 Å². The van der Waals surface area contributed by atoms with E-state index >= 15 is 0 Å². The van der Waals surface area contributed by atoms with Crippen molar-refractivity contribution in [3.05, 3.63) is 24.0 Å². The fraction of sp³-hybridized carbons (Fsp3) is 0.538. The van der Waals surface area contributed by atoms with Crippen LogP contribution in [-0.4, -0.2) is 28.4 Å². The number of rotatable bonds is 4. The summed E-state index contributed by atoms with van der Waals surface area (Å²) in [7, 11) is 0. The number of nitrogen functional groups attached to an aromatic ring is 1. The van der Waals surface area contributed by atoms with Crippen molar-refractivity contribution in [3.8, 4) is 0 Å². The summed E-state index contributed by atoms with van der Waals surface area (Å²) in [5.41, 5.74) is 3.62. The molecule has 1 aromatic heterocycles. The van der Waals surface area contributed by atoms with Crippen LogP contribution in [-0.2, 0) is 0 Å². The minimum atomic E-state index is -0.101. The highest BCUT2D eigenvalue weighted by Gasteiger charge is 2.22. The van der Waals surface area contributed by atoms with Crippen LogP contribution in [0.4, 0.5) is 5.69 Å². The fourth-order valence-electron chi connectivity index (χ4n) is 2.32. The molecule has 5 nitrogen and oxygen atoms in total. The molecule has 2 rings (SSSR count). The number of aromatic nitrogens is 1. The first-order chi connectivity index (χ1) is 9.22. The maximum absolute atomic E-state index is 12.0. The van der Waals surface area contributed by atoms with Gasteiger partial charge in [0.2, 0.25) is 0 Å². The van der Waals surface area contributed by atoms with Gasteiger partial charge in [-0.15, -0.1) is 0 Å². The molecule has 1 fully saturated rings. The molecule has 104 valence electrons. The Labute approximate surface area is 117 Å². The lowest BCUT2D eigenvalue weighted by Crippen LogP contribution is -2.38. The van der Waals surface area contributed by atoms with Crippen LogP contribution in [0.15, 0.2) is 18.3 Å². The number of carbonyl (C=O) groups is 1. The number of nitrogens with two attached hydrogens (primary N) is 1. The predicted octanol–water partition coefficient (Wildman–Crippen LogP) is 1.77. The lowest BCUT2D eigenvalue weighted by Gasteiger charge is -2.27. The van der Waals surface area contributed by atoms with E-state index in [2.05, 4.69) is 22.0 Å². The van der Waals surface area contributed by atoms with Crippen LogP contribution in [0, 0.1) is 0 Å². The van der Waals surface area contributed by atoms with E-state index < -0.39 is 0 Å². The van der Waals surface area contributed by atoms with E-state index in [1.807, 2.05) is 11.8 Å². The number of amides is 1. The van der Waals surface area contributed by atoms with Crippen molar-refractivity contribution in [2.45, 2.75) is 37.0 Å². The van der Waals surface area contributed by atoms with E-state index in [9.17, 15) is 4.79 Å². The largest absolute Gasteiger partial charge is 0.348 e. The summed E-state index contributed by atoms with van der Waals surface area (Å²) in [6.07, 6.45) is 8.17. The van der Waals surface area contributed by atoms with Gasteiger partial charge >= 0.3 is 0 Å². The molecule has 1 heterocycles. The van der Waals surface area contributed by atoms with Crippen molar-refractivity contribution in [1.82, 2.24) is 10.3 Å². The Morgan fingerprint density at radius 2 is 2.11 bits per heavy atom.